The van der Waals surface area contributed by atoms with E-state index in [1.165, 1.54) is 0 Å². The smallest absolute Gasteiger partial charge is 0.319 e. The standard InChI is InChI=1S/C23H38N6O4/c1-19-4-5-20(26-22(30)24-6-2-8-28-10-14-32-15-11-28)18-21(19)27-23(31)25-7-3-9-29-12-16-33-17-13-29/h4-5,18H,2-3,6-17H2,1H3,(H2,24,26,30)(H2,25,27,31). The molecule has 33 heavy (non-hydrogen) atoms. The Morgan fingerprint density at radius 1 is 0.818 bits per heavy atom. The van der Waals surface area contributed by atoms with E-state index in [-0.39, 0.29) is 12.1 Å². The Hall–Kier alpha value is -2.40. The molecule has 10 heteroatoms. The van der Waals surface area contributed by atoms with Crippen LogP contribution in [0.15, 0.2) is 18.2 Å². The van der Waals surface area contributed by atoms with Crippen molar-refractivity contribution >= 4 is 23.4 Å². The first-order valence-corrected chi connectivity index (χ1v) is 11.9. The third-order valence-corrected chi connectivity index (χ3v) is 5.82. The molecule has 4 amide bonds. The van der Waals surface area contributed by atoms with Gasteiger partial charge < -0.3 is 30.7 Å². The van der Waals surface area contributed by atoms with Gasteiger partial charge in [0.15, 0.2) is 0 Å². The maximum absolute atomic E-state index is 12.3. The van der Waals surface area contributed by atoms with E-state index >= 15 is 0 Å². The number of carbonyl (C=O) groups is 2. The molecule has 2 saturated heterocycles. The van der Waals surface area contributed by atoms with Gasteiger partial charge in [0.05, 0.1) is 26.4 Å². The number of nitrogens with zero attached hydrogens (tertiary/aromatic N) is 2. The molecule has 0 atom stereocenters. The van der Waals surface area contributed by atoms with Gasteiger partial charge in [-0.05, 0) is 50.6 Å². The van der Waals surface area contributed by atoms with Crippen LogP contribution in [0, 0.1) is 6.92 Å². The second-order valence-corrected chi connectivity index (χ2v) is 8.41. The Bertz CT molecular complexity index is 750. The maximum atomic E-state index is 12.3. The largest absolute Gasteiger partial charge is 0.379 e. The van der Waals surface area contributed by atoms with Gasteiger partial charge in [-0.1, -0.05) is 6.07 Å². The number of morpholine rings is 2. The number of aryl methyl sites for hydroxylation is 1. The summed E-state index contributed by atoms with van der Waals surface area (Å²) in [5.41, 5.74) is 2.23. The summed E-state index contributed by atoms with van der Waals surface area (Å²) >= 11 is 0. The van der Waals surface area contributed by atoms with Gasteiger partial charge in [0.2, 0.25) is 0 Å². The average Bonchev–Trinajstić information content (AvgIpc) is 2.83. The number of hydrogen-bond donors (Lipinski definition) is 4. The third-order valence-electron chi connectivity index (χ3n) is 5.82. The van der Waals surface area contributed by atoms with Gasteiger partial charge >= 0.3 is 12.1 Å². The minimum atomic E-state index is -0.251. The van der Waals surface area contributed by atoms with Gasteiger partial charge in [0, 0.05) is 50.6 Å². The quantitative estimate of drug-likeness (QED) is 0.394. The zero-order chi connectivity index (χ0) is 23.3. The number of hydrogen-bond acceptors (Lipinski definition) is 6. The lowest BCUT2D eigenvalue weighted by Gasteiger charge is -2.26. The number of nitrogens with one attached hydrogen (secondary N) is 4. The van der Waals surface area contributed by atoms with E-state index in [0.717, 1.165) is 84.1 Å². The molecule has 2 fully saturated rings. The molecule has 2 aliphatic rings. The number of benzene rings is 1. The van der Waals surface area contributed by atoms with E-state index in [2.05, 4.69) is 31.1 Å². The van der Waals surface area contributed by atoms with Crippen molar-refractivity contribution < 1.29 is 19.1 Å². The summed E-state index contributed by atoms with van der Waals surface area (Å²) in [5, 5.41) is 11.5. The van der Waals surface area contributed by atoms with Gasteiger partial charge in [-0.3, -0.25) is 9.80 Å². The molecule has 1 aromatic carbocycles. The first kappa shape index (κ1) is 25.2. The van der Waals surface area contributed by atoms with Gasteiger partial charge in [0.25, 0.3) is 0 Å². The van der Waals surface area contributed by atoms with Crippen LogP contribution in [-0.4, -0.2) is 101 Å². The number of amides is 4. The Kier molecular flexibility index (Phi) is 10.7. The van der Waals surface area contributed by atoms with Crippen LogP contribution in [0.25, 0.3) is 0 Å². The van der Waals surface area contributed by atoms with Crippen molar-refractivity contribution in [3.63, 3.8) is 0 Å². The minimum Gasteiger partial charge on any atom is -0.379 e. The Morgan fingerprint density at radius 3 is 1.88 bits per heavy atom. The molecular formula is C23H38N6O4. The van der Waals surface area contributed by atoms with E-state index in [9.17, 15) is 9.59 Å². The molecule has 0 unspecified atom stereocenters. The van der Waals surface area contributed by atoms with E-state index in [1.807, 2.05) is 19.1 Å². The van der Waals surface area contributed by atoms with Crippen molar-refractivity contribution in [2.45, 2.75) is 19.8 Å². The molecule has 3 rings (SSSR count). The summed E-state index contributed by atoms with van der Waals surface area (Å²) in [4.78, 5) is 29.2. The molecule has 0 aliphatic carbocycles. The summed E-state index contributed by atoms with van der Waals surface area (Å²) in [5.74, 6) is 0. The number of carbonyl (C=O) groups excluding carboxylic acids is 2. The zero-order valence-electron chi connectivity index (χ0n) is 19.7. The summed E-state index contributed by atoms with van der Waals surface area (Å²) in [6.07, 6.45) is 1.78. The molecule has 1 aromatic rings. The number of rotatable bonds is 10. The first-order chi connectivity index (χ1) is 16.1. The van der Waals surface area contributed by atoms with Gasteiger partial charge in [-0.15, -0.1) is 0 Å². The van der Waals surface area contributed by atoms with Crippen LogP contribution >= 0.6 is 0 Å². The number of anilines is 2. The second-order valence-electron chi connectivity index (χ2n) is 8.41. The highest BCUT2D eigenvalue weighted by Gasteiger charge is 2.12. The van der Waals surface area contributed by atoms with Crippen LogP contribution in [0.3, 0.4) is 0 Å². The van der Waals surface area contributed by atoms with Crippen molar-refractivity contribution in [2.24, 2.45) is 0 Å². The molecule has 2 heterocycles. The Balaban J connectivity index is 1.33. The summed E-state index contributed by atoms with van der Waals surface area (Å²) < 4.78 is 10.7. The fourth-order valence-corrected chi connectivity index (χ4v) is 3.83. The molecule has 184 valence electrons. The normalized spacial score (nSPS) is 17.4. The average molecular weight is 463 g/mol. The predicted octanol–water partition coefficient (Wildman–Crippen LogP) is 1.68. The van der Waals surface area contributed by atoms with Gasteiger partial charge in [-0.2, -0.15) is 0 Å². The molecule has 0 aromatic heterocycles. The fraction of sp³-hybridized carbons (Fsp3) is 0.652. The molecular weight excluding hydrogens is 424 g/mol. The van der Waals surface area contributed by atoms with Crippen molar-refractivity contribution in [1.82, 2.24) is 20.4 Å². The highest BCUT2D eigenvalue weighted by molar-refractivity contribution is 5.93. The van der Waals surface area contributed by atoms with Crippen molar-refractivity contribution in [1.29, 1.82) is 0 Å². The van der Waals surface area contributed by atoms with Crippen LogP contribution in [0.1, 0.15) is 18.4 Å². The molecule has 10 nitrogen and oxygen atoms in total. The third kappa shape index (κ3) is 9.55. The zero-order valence-corrected chi connectivity index (χ0v) is 19.7. The van der Waals surface area contributed by atoms with Gasteiger partial charge in [-0.25, -0.2) is 9.59 Å². The van der Waals surface area contributed by atoms with Crippen molar-refractivity contribution in [3.05, 3.63) is 23.8 Å². The lowest BCUT2D eigenvalue weighted by molar-refractivity contribution is 0.0375. The van der Waals surface area contributed by atoms with Crippen LogP contribution in [0.5, 0.6) is 0 Å². The van der Waals surface area contributed by atoms with Crippen molar-refractivity contribution in [3.8, 4) is 0 Å². The minimum absolute atomic E-state index is 0.246. The number of urea groups is 2. The summed E-state index contributed by atoms with van der Waals surface area (Å²) in [7, 11) is 0. The maximum Gasteiger partial charge on any atom is 0.319 e. The highest BCUT2D eigenvalue weighted by atomic mass is 16.5. The Morgan fingerprint density at radius 2 is 1.33 bits per heavy atom. The summed E-state index contributed by atoms with van der Waals surface area (Å²) in [6.45, 7) is 12.0. The predicted molar refractivity (Wildman–Crippen MR) is 129 cm³/mol. The van der Waals surface area contributed by atoms with Crippen LogP contribution < -0.4 is 21.3 Å². The van der Waals surface area contributed by atoms with E-state index in [0.29, 0.717) is 24.5 Å². The van der Waals surface area contributed by atoms with E-state index in [1.54, 1.807) is 6.07 Å². The lowest BCUT2D eigenvalue weighted by atomic mass is 10.2. The van der Waals surface area contributed by atoms with Crippen molar-refractivity contribution in [2.75, 3.05) is 89.4 Å². The van der Waals surface area contributed by atoms with Crippen LogP contribution in [-0.2, 0) is 9.47 Å². The topological polar surface area (TPSA) is 107 Å². The van der Waals surface area contributed by atoms with Gasteiger partial charge in [0.1, 0.15) is 0 Å². The van der Waals surface area contributed by atoms with Crippen LogP contribution in [0.2, 0.25) is 0 Å². The molecule has 0 spiro atoms. The monoisotopic (exact) mass is 462 g/mol. The molecule has 0 bridgehead atoms. The Labute approximate surface area is 196 Å². The van der Waals surface area contributed by atoms with E-state index < -0.39 is 0 Å². The second kappa shape index (κ2) is 14.0. The molecule has 0 radical (unpaired) electrons. The van der Waals surface area contributed by atoms with Crippen LogP contribution in [0.4, 0.5) is 21.0 Å². The van der Waals surface area contributed by atoms with E-state index in [4.69, 9.17) is 9.47 Å². The SMILES string of the molecule is Cc1ccc(NC(=O)NCCCN2CCOCC2)cc1NC(=O)NCCCN1CCOCC1. The molecule has 2 aliphatic heterocycles. The number of ether oxygens (including phenoxy) is 2. The molecule has 0 saturated carbocycles. The highest BCUT2D eigenvalue weighted by Crippen LogP contribution is 2.20. The lowest BCUT2D eigenvalue weighted by Crippen LogP contribution is -2.38. The summed E-state index contributed by atoms with van der Waals surface area (Å²) in [6, 6.07) is 4.98. The first-order valence-electron chi connectivity index (χ1n) is 11.9. The molecule has 4 N–H and O–H groups in total. The fourth-order valence-electron chi connectivity index (χ4n) is 3.83.